The highest BCUT2D eigenvalue weighted by molar-refractivity contribution is 6.23. The molecule has 0 atom stereocenters. The SMILES string of the molecule is [2H]C([2H])(c1ccnc(-c2cccc3c2oc2c3ccc3c2ccc2c4ccc(C)cc4oc23)c1)C(C)C. The van der Waals surface area contributed by atoms with Crippen molar-refractivity contribution in [2.45, 2.75) is 27.1 Å². The van der Waals surface area contributed by atoms with E-state index in [1.807, 2.05) is 32.0 Å². The van der Waals surface area contributed by atoms with E-state index in [-0.39, 0.29) is 5.92 Å². The number of pyridine rings is 1. The van der Waals surface area contributed by atoms with Gasteiger partial charge in [-0.3, -0.25) is 4.98 Å². The summed E-state index contributed by atoms with van der Waals surface area (Å²) < 4.78 is 30.0. The van der Waals surface area contributed by atoms with E-state index < -0.39 is 6.37 Å². The predicted molar refractivity (Wildman–Crippen MR) is 145 cm³/mol. The van der Waals surface area contributed by atoms with Crippen LogP contribution in [-0.4, -0.2) is 4.98 Å². The zero-order valence-corrected chi connectivity index (χ0v) is 19.8. The summed E-state index contributed by atoms with van der Waals surface area (Å²) in [6.07, 6.45) is 0.230. The van der Waals surface area contributed by atoms with Gasteiger partial charge in [0.25, 0.3) is 0 Å². The Balaban J connectivity index is 1.48. The molecule has 3 heteroatoms. The number of rotatable bonds is 3. The molecule has 0 N–H and O–H groups in total. The molecule has 3 nitrogen and oxygen atoms in total. The summed E-state index contributed by atoms with van der Waals surface area (Å²) in [6.45, 7) is 5.86. The molecule has 35 heavy (non-hydrogen) atoms. The second-order valence-electron chi connectivity index (χ2n) is 9.59. The van der Waals surface area contributed by atoms with Gasteiger partial charge in [0.2, 0.25) is 0 Å². The molecule has 0 amide bonds. The average molecular weight is 458 g/mol. The van der Waals surface area contributed by atoms with Crippen molar-refractivity contribution in [3.63, 3.8) is 0 Å². The molecule has 3 aromatic heterocycles. The maximum Gasteiger partial charge on any atom is 0.144 e. The number of aromatic nitrogens is 1. The van der Waals surface area contributed by atoms with Crippen LogP contribution in [0.5, 0.6) is 0 Å². The van der Waals surface area contributed by atoms with Crippen LogP contribution in [0.2, 0.25) is 0 Å². The van der Waals surface area contributed by atoms with E-state index in [0.717, 1.165) is 60.2 Å². The van der Waals surface area contributed by atoms with Crippen molar-refractivity contribution >= 4 is 54.6 Å². The van der Waals surface area contributed by atoms with Crippen molar-refractivity contribution < 1.29 is 11.6 Å². The van der Waals surface area contributed by atoms with Crippen molar-refractivity contribution in [2.75, 3.05) is 0 Å². The highest BCUT2D eigenvalue weighted by Gasteiger charge is 2.18. The summed E-state index contributed by atoms with van der Waals surface area (Å²) in [6, 6.07) is 24.4. The molecular weight excluding hydrogens is 430 g/mol. The van der Waals surface area contributed by atoms with Crippen molar-refractivity contribution in [1.82, 2.24) is 4.98 Å². The lowest BCUT2D eigenvalue weighted by Crippen LogP contribution is -1.95. The van der Waals surface area contributed by atoms with E-state index in [1.165, 1.54) is 5.56 Å². The summed E-state index contributed by atoms with van der Waals surface area (Å²) in [4.78, 5) is 4.60. The Morgan fingerprint density at radius 2 is 1.40 bits per heavy atom. The van der Waals surface area contributed by atoms with Crippen LogP contribution in [0.4, 0.5) is 0 Å². The maximum absolute atomic E-state index is 8.55. The highest BCUT2D eigenvalue weighted by Crippen LogP contribution is 2.41. The number of hydrogen-bond acceptors (Lipinski definition) is 3. The zero-order chi connectivity index (χ0) is 25.5. The lowest BCUT2D eigenvalue weighted by Gasteiger charge is -2.07. The Morgan fingerprint density at radius 1 is 0.743 bits per heavy atom. The number of nitrogens with zero attached hydrogens (tertiary/aromatic N) is 1. The van der Waals surface area contributed by atoms with Gasteiger partial charge < -0.3 is 8.83 Å². The standard InChI is InChI=1S/C32H25NO2/c1-18(2)15-20-13-14-33-28(17-20)27-6-4-5-22-24-11-12-25-26(31(24)35-32(22)27)10-9-23-21-8-7-19(3)16-29(21)34-30(23)25/h4-14,16-18H,15H2,1-3H3/i15D2. The summed E-state index contributed by atoms with van der Waals surface area (Å²) in [5.74, 6) is -0.157. The Labute approximate surface area is 205 Å². The molecule has 0 radical (unpaired) electrons. The number of benzene rings is 4. The third-order valence-corrected chi connectivity index (χ3v) is 6.74. The molecular formula is C32H25NO2. The van der Waals surface area contributed by atoms with Gasteiger partial charge >= 0.3 is 0 Å². The molecule has 0 bridgehead atoms. The molecule has 0 aliphatic rings. The topological polar surface area (TPSA) is 39.2 Å². The first-order valence-corrected chi connectivity index (χ1v) is 12.0. The fourth-order valence-corrected chi connectivity index (χ4v) is 5.20. The van der Waals surface area contributed by atoms with Crippen LogP contribution in [0.25, 0.3) is 65.9 Å². The Morgan fingerprint density at radius 3 is 2.14 bits per heavy atom. The van der Waals surface area contributed by atoms with Crippen LogP contribution in [-0.2, 0) is 6.37 Å². The number of aryl methyl sites for hydroxylation is 1. The smallest absolute Gasteiger partial charge is 0.144 e. The maximum atomic E-state index is 8.55. The summed E-state index contributed by atoms with van der Waals surface area (Å²) in [5.41, 5.74) is 6.66. The van der Waals surface area contributed by atoms with E-state index in [2.05, 4.69) is 60.4 Å². The largest absolute Gasteiger partial charge is 0.455 e. The summed E-state index contributed by atoms with van der Waals surface area (Å²) in [5, 5.41) is 6.27. The molecule has 0 saturated heterocycles. The summed E-state index contributed by atoms with van der Waals surface area (Å²) >= 11 is 0. The van der Waals surface area contributed by atoms with E-state index in [9.17, 15) is 0 Å². The van der Waals surface area contributed by atoms with Gasteiger partial charge in [-0.2, -0.15) is 0 Å². The molecule has 0 aliphatic carbocycles. The van der Waals surface area contributed by atoms with E-state index >= 15 is 0 Å². The first-order valence-electron chi connectivity index (χ1n) is 13.0. The third kappa shape index (κ3) is 3.08. The molecule has 7 rings (SSSR count). The molecule has 4 aromatic carbocycles. The fraction of sp³-hybridized carbons (Fsp3) is 0.156. The molecule has 0 saturated carbocycles. The zero-order valence-electron chi connectivity index (χ0n) is 21.8. The van der Waals surface area contributed by atoms with Gasteiger partial charge in [-0.25, -0.2) is 0 Å². The first kappa shape index (κ1) is 18.2. The van der Waals surface area contributed by atoms with Gasteiger partial charge in [-0.15, -0.1) is 0 Å². The highest BCUT2D eigenvalue weighted by atomic mass is 16.3. The number of para-hydroxylation sites is 1. The summed E-state index contributed by atoms with van der Waals surface area (Å²) in [7, 11) is 0. The monoisotopic (exact) mass is 457 g/mol. The van der Waals surface area contributed by atoms with Crippen LogP contribution < -0.4 is 0 Å². The molecule has 0 unspecified atom stereocenters. The van der Waals surface area contributed by atoms with Crippen LogP contribution in [0, 0.1) is 12.8 Å². The fourth-order valence-electron chi connectivity index (χ4n) is 5.20. The van der Waals surface area contributed by atoms with Crippen molar-refractivity contribution in [2.24, 2.45) is 5.92 Å². The first-order chi connectivity index (χ1) is 17.8. The minimum absolute atomic E-state index is 0.157. The minimum Gasteiger partial charge on any atom is -0.455 e. The molecule has 0 fully saturated rings. The van der Waals surface area contributed by atoms with Crippen molar-refractivity contribution in [3.05, 3.63) is 90.1 Å². The van der Waals surface area contributed by atoms with Crippen molar-refractivity contribution in [1.29, 1.82) is 0 Å². The van der Waals surface area contributed by atoms with Gasteiger partial charge in [0, 0.05) is 46.8 Å². The minimum atomic E-state index is -1.45. The Kier molecular flexibility index (Phi) is 3.88. The molecule has 170 valence electrons. The Bertz CT molecular complexity index is 2010. The predicted octanol–water partition coefficient (Wildman–Crippen LogP) is 9.21. The van der Waals surface area contributed by atoms with Gasteiger partial charge in [-0.05, 0) is 78.9 Å². The second-order valence-corrected chi connectivity index (χ2v) is 9.59. The van der Waals surface area contributed by atoms with Gasteiger partial charge in [-0.1, -0.05) is 38.1 Å². The number of hydrogen-bond donors (Lipinski definition) is 0. The van der Waals surface area contributed by atoms with Gasteiger partial charge in [0.15, 0.2) is 0 Å². The molecule has 7 aromatic rings. The number of fused-ring (bicyclic) bond motifs is 9. The van der Waals surface area contributed by atoms with E-state index in [4.69, 9.17) is 11.6 Å². The van der Waals surface area contributed by atoms with Crippen LogP contribution in [0.15, 0.2) is 87.8 Å². The van der Waals surface area contributed by atoms with E-state index in [1.54, 1.807) is 12.3 Å². The van der Waals surface area contributed by atoms with Crippen LogP contribution >= 0.6 is 0 Å². The second kappa shape index (κ2) is 7.44. The van der Waals surface area contributed by atoms with Crippen molar-refractivity contribution in [3.8, 4) is 11.3 Å². The lowest BCUT2D eigenvalue weighted by atomic mass is 10.00. The third-order valence-electron chi connectivity index (χ3n) is 6.74. The van der Waals surface area contributed by atoms with E-state index in [0.29, 0.717) is 11.3 Å². The van der Waals surface area contributed by atoms with Crippen LogP contribution in [0.1, 0.15) is 27.7 Å². The number of furan rings is 2. The Hall–Kier alpha value is -4.11. The molecule has 0 spiro atoms. The lowest BCUT2D eigenvalue weighted by molar-refractivity contribution is 0.647. The molecule has 3 heterocycles. The molecule has 0 aliphatic heterocycles. The van der Waals surface area contributed by atoms with Gasteiger partial charge in [0.1, 0.15) is 22.3 Å². The van der Waals surface area contributed by atoms with Crippen LogP contribution in [0.3, 0.4) is 0 Å². The van der Waals surface area contributed by atoms with Gasteiger partial charge in [0.05, 0.1) is 5.69 Å². The average Bonchev–Trinajstić information content (AvgIpc) is 3.46. The normalized spacial score (nSPS) is 13.5. The quantitative estimate of drug-likeness (QED) is 0.265.